The number of hydrogen-bond acceptors (Lipinski definition) is 2. The number of halogens is 1. The van der Waals surface area contributed by atoms with Crippen LogP contribution in [-0.4, -0.2) is 9.55 Å². The van der Waals surface area contributed by atoms with E-state index in [0.29, 0.717) is 5.82 Å². The molecule has 66 valence electrons. The number of nitrogens with zero attached hydrogens (tertiary/aromatic N) is 2. The highest BCUT2D eigenvalue weighted by Crippen LogP contribution is 2.42. The topological polar surface area (TPSA) is 43.8 Å². The lowest BCUT2D eigenvalue weighted by Crippen LogP contribution is -2.22. The minimum absolute atomic E-state index is 0.213. The van der Waals surface area contributed by atoms with E-state index in [4.69, 9.17) is 5.73 Å². The molecule has 0 saturated heterocycles. The van der Waals surface area contributed by atoms with E-state index in [1.807, 2.05) is 7.05 Å². The van der Waals surface area contributed by atoms with Gasteiger partial charge in [0.25, 0.3) is 0 Å². The molecule has 1 aliphatic carbocycles. The molecule has 4 heteroatoms. The summed E-state index contributed by atoms with van der Waals surface area (Å²) in [5, 5.41) is 0. The molecule has 1 aromatic heterocycles. The van der Waals surface area contributed by atoms with Gasteiger partial charge in [-0.3, -0.25) is 0 Å². The van der Waals surface area contributed by atoms with Crippen LogP contribution in [0, 0.1) is 0 Å². The Morgan fingerprint density at radius 2 is 2.42 bits per heavy atom. The molecule has 0 bridgehead atoms. The summed E-state index contributed by atoms with van der Waals surface area (Å²) in [6.07, 6.45) is 3.65. The van der Waals surface area contributed by atoms with Crippen LogP contribution in [0.15, 0.2) is 6.20 Å². The average molecular weight is 169 g/mol. The van der Waals surface area contributed by atoms with Crippen LogP contribution in [0.25, 0.3) is 0 Å². The highest BCUT2D eigenvalue weighted by molar-refractivity contribution is 5.22. The summed E-state index contributed by atoms with van der Waals surface area (Å²) >= 11 is 0. The van der Waals surface area contributed by atoms with Crippen molar-refractivity contribution in [2.75, 3.05) is 0 Å². The zero-order valence-corrected chi connectivity index (χ0v) is 7.05. The minimum atomic E-state index is -0.521. The molecule has 0 spiro atoms. The molecule has 0 aliphatic heterocycles. The van der Waals surface area contributed by atoms with Crippen molar-refractivity contribution < 1.29 is 4.39 Å². The van der Waals surface area contributed by atoms with Crippen LogP contribution in [0.2, 0.25) is 0 Å². The predicted molar refractivity (Wildman–Crippen MR) is 43.1 cm³/mol. The van der Waals surface area contributed by atoms with E-state index >= 15 is 0 Å². The van der Waals surface area contributed by atoms with E-state index in [2.05, 4.69) is 4.98 Å². The van der Waals surface area contributed by atoms with Gasteiger partial charge in [0.15, 0.2) is 0 Å². The van der Waals surface area contributed by atoms with Crippen LogP contribution >= 0.6 is 0 Å². The zero-order valence-electron chi connectivity index (χ0n) is 7.05. The summed E-state index contributed by atoms with van der Waals surface area (Å²) in [5.74, 6) is 0.460. The van der Waals surface area contributed by atoms with E-state index in [1.165, 1.54) is 0 Å². The van der Waals surface area contributed by atoms with Gasteiger partial charge in [-0.15, -0.1) is 0 Å². The largest absolute Gasteiger partial charge is 0.331 e. The quantitative estimate of drug-likeness (QED) is 0.712. The molecule has 3 nitrogen and oxygen atoms in total. The second-order valence-electron chi connectivity index (χ2n) is 3.41. The average Bonchev–Trinajstić information content (AvgIpc) is 2.65. The van der Waals surface area contributed by atoms with Gasteiger partial charge in [-0.25, -0.2) is 9.37 Å². The lowest BCUT2D eigenvalue weighted by molar-refractivity contribution is 0.451. The fourth-order valence-corrected chi connectivity index (χ4v) is 1.43. The summed E-state index contributed by atoms with van der Waals surface area (Å²) in [6.45, 7) is -0.521. The number of aromatic nitrogens is 2. The standard InChI is InChI=1S/C8H12FN3/c1-12-6(8(10)2-3-8)5-11-7(12)4-9/h5H,2-4,10H2,1H3. The number of alkyl halides is 1. The second kappa shape index (κ2) is 2.29. The molecule has 2 N–H and O–H groups in total. The fourth-order valence-electron chi connectivity index (χ4n) is 1.43. The van der Waals surface area contributed by atoms with E-state index in [0.717, 1.165) is 18.5 Å². The maximum absolute atomic E-state index is 12.3. The number of imidazole rings is 1. The summed E-state index contributed by atoms with van der Waals surface area (Å²) in [5.41, 5.74) is 6.69. The molecule has 2 rings (SSSR count). The van der Waals surface area contributed by atoms with Crippen LogP contribution < -0.4 is 5.73 Å². The highest BCUT2D eigenvalue weighted by Gasteiger charge is 2.42. The van der Waals surface area contributed by atoms with Gasteiger partial charge in [0.2, 0.25) is 0 Å². The Labute approximate surface area is 70.4 Å². The lowest BCUT2D eigenvalue weighted by Gasteiger charge is -2.09. The van der Waals surface area contributed by atoms with Gasteiger partial charge in [0.1, 0.15) is 12.5 Å². The van der Waals surface area contributed by atoms with Gasteiger partial charge < -0.3 is 10.3 Å². The number of nitrogens with two attached hydrogens (primary N) is 1. The number of rotatable bonds is 2. The van der Waals surface area contributed by atoms with Crippen molar-refractivity contribution in [2.24, 2.45) is 12.8 Å². The van der Waals surface area contributed by atoms with Crippen molar-refractivity contribution in [3.05, 3.63) is 17.7 Å². The van der Waals surface area contributed by atoms with Crippen molar-refractivity contribution in [3.8, 4) is 0 Å². The molecular formula is C8H12FN3. The van der Waals surface area contributed by atoms with Crippen molar-refractivity contribution in [2.45, 2.75) is 25.1 Å². The van der Waals surface area contributed by atoms with E-state index in [-0.39, 0.29) is 5.54 Å². The van der Waals surface area contributed by atoms with Gasteiger partial charge in [0, 0.05) is 7.05 Å². The van der Waals surface area contributed by atoms with Gasteiger partial charge in [-0.2, -0.15) is 0 Å². The summed E-state index contributed by atoms with van der Waals surface area (Å²) < 4.78 is 14.0. The van der Waals surface area contributed by atoms with E-state index in [9.17, 15) is 4.39 Å². The fraction of sp³-hybridized carbons (Fsp3) is 0.625. The Balaban J connectivity index is 2.39. The van der Waals surface area contributed by atoms with Crippen molar-refractivity contribution in [1.29, 1.82) is 0 Å². The summed E-state index contributed by atoms with van der Waals surface area (Å²) in [4.78, 5) is 3.95. The Bertz CT molecular complexity index is 301. The van der Waals surface area contributed by atoms with Crippen molar-refractivity contribution in [1.82, 2.24) is 9.55 Å². The molecule has 12 heavy (non-hydrogen) atoms. The first kappa shape index (κ1) is 7.73. The molecule has 1 heterocycles. The number of hydrogen-bond donors (Lipinski definition) is 1. The van der Waals surface area contributed by atoms with Crippen LogP contribution in [0.5, 0.6) is 0 Å². The monoisotopic (exact) mass is 169 g/mol. The van der Waals surface area contributed by atoms with Gasteiger partial charge in [0.05, 0.1) is 17.4 Å². The maximum atomic E-state index is 12.3. The first-order valence-corrected chi connectivity index (χ1v) is 4.03. The molecule has 0 radical (unpaired) electrons. The van der Waals surface area contributed by atoms with Crippen LogP contribution in [0.1, 0.15) is 24.4 Å². The molecule has 0 amide bonds. The molecule has 0 unspecified atom stereocenters. The Hall–Kier alpha value is -0.900. The SMILES string of the molecule is Cn1c(C2(N)CC2)cnc1CF. The predicted octanol–water partition coefficient (Wildman–Crippen LogP) is 0.837. The van der Waals surface area contributed by atoms with Crippen LogP contribution in [-0.2, 0) is 19.3 Å². The zero-order chi connectivity index (χ0) is 8.77. The Morgan fingerprint density at radius 3 is 2.83 bits per heavy atom. The normalized spacial score (nSPS) is 19.6. The smallest absolute Gasteiger partial charge is 0.147 e. The molecular weight excluding hydrogens is 157 g/mol. The molecule has 1 saturated carbocycles. The summed E-state index contributed by atoms with van der Waals surface area (Å²) in [7, 11) is 1.81. The molecule has 1 fully saturated rings. The van der Waals surface area contributed by atoms with Crippen molar-refractivity contribution >= 4 is 0 Å². The third-order valence-corrected chi connectivity index (χ3v) is 2.50. The van der Waals surface area contributed by atoms with Crippen LogP contribution in [0.3, 0.4) is 0 Å². The highest BCUT2D eigenvalue weighted by atomic mass is 19.1. The minimum Gasteiger partial charge on any atom is -0.331 e. The Morgan fingerprint density at radius 1 is 1.75 bits per heavy atom. The van der Waals surface area contributed by atoms with E-state index in [1.54, 1.807) is 10.8 Å². The van der Waals surface area contributed by atoms with Crippen LogP contribution in [0.4, 0.5) is 4.39 Å². The first-order chi connectivity index (χ1) is 5.67. The first-order valence-electron chi connectivity index (χ1n) is 4.03. The maximum Gasteiger partial charge on any atom is 0.147 e. The van der Waals surface area contributed by atoms with Gasteiger partial charge in [-0.1, -0.05) is 0 Å². The molecule has 0 atom stereocenters. The molecule has 1 aromatic rings. The Kier molecular flexibility index (Phi) is 1.48. The molecule has 0 aromatic carbocycles. The second-order valence-corrected chi connectivity index (χ2v) is 3.41. The van der Waals surface area contributed by atoms with Gasteiger partial charge in [-0.05, 0) is 12.8 Å². The third kappa shape index (κ3) is 0.948. The van der Waals surface area contributed by atoms with Gasteiger partial charge >= 0.3 is 0 Å². The van der Waals surface area contributed by atoms with E-state index < -0.39 is 6.67 Å². The lowest BCUT2D eigenvalue weighted by atomic mass is 10.2. The molecule has 1 aliphatic rings. The third-order valence-electron chi connectivity index (χ3n) is 2.50. The summed E-state index contributed by atoms with van der Waals surface area (Å²) in [6, 6.07) is 0. The van der Waals surface area contributed by atoms with Crippen molar-refractivity contribution in [3.63, 3.8) is 0 Å².